The number of ether oxygens (including phenoxy) is 1. The highest BCUT2D eigenvalue weighted by atomic mass is 79.9. The summed E-state index contributed by atoms with van der Waals surface area (Å²) in [5.41, 5.74) is 3.78. The molecule has 132 valence electrons. The van der Waals surface area contributed by atoms with Gasteiger partial charge in [-0.3, -0.25) is 15.0 Å². The lowest BCUT2D eigenvalue weighted by Crippen LogP contribution is -2.44. The fourth-order valence-electron chi connectivity index (χ4n) is 2.25. The summed E-state index contributed by atoms with van der Waals surface area (Å²) in [4.78, 5) is 25.5. The van der Waals surface area contributed by atoms with Crippen molar-refractivity contribution in [2.24, 2.45) is 0 Å². The Morgan fingerprint density at radius 1 is 1.27 bits per heavy atom. The number of rotatable bonds is 4. The third kappa shape index (κ3) is 3.98. The van der Waals surface area contributed by atoms with E-state index < -0.39 is 5.91 Å². The highest BCUT2D eigenvalue weighted by molar-refractivity contribution is 9.10. The number of hydrogen-bond acceptors (Lipinski definition) is 5. The number of carbonyl (C=O) groups excluding carboxylic acids is 2. The van der Waals surface area contributed by atoms with Crippen molar-refractivity contribution in [1.82, 2.24) is 10.4 Å². The molecule has 0 atom stereocenters. The number of halogens is 1. The summed E-state index contributed by atoms with van der Waals surface area (Å²) in [7, 11) is 1.58. The molecular weight excluding hydrogens is 436 g/mol. The molecule has 2 aromatic rings. The minimum atomic E-state index is -0.420. The average Bonchev–Trinajstić information content (AvgIpc) is 2.89. The number of hydrazine groups is 1. The second-order valence-corrected chi connectivity index (χ2v) is 7.74. The van der Waals surface area contributed by atoms with Crippen LogP contribution in [-0.2, 0) is 4.79 Å². The number of thiocarbonyl (C=S) groups is 1. The highest BCUT2D eigenvalue weighted by Gasteiger charge is 2.34. The van der Waals surface area contributed by atoms with Gasteiger partial charge in [-0.15, -0.1) is 0 Å². The fraction of sp³-hybridized carbons (Fsp3) is 0.0556. The lowest BCUT2D eigenvalue weighted by Gasteiger charge is -2.16. The SMILES string of the molecule is COc1cccc(C=C2SC(=S)N(NC(=O)c3ccccc3Br)C2=O)c1. The molecule has 2 aromatic carbocycles. The zero-order valence-corrected chi connectivity index (χ0v) is 16.8. The first-order valence-electron chi connectivity index (χ1n) is 7.47. The minimum Gasteiger partial charge on any atom is -0.497 e. The molecule has 0 bridgehead atoms. The van der Waals surface area contributed by atoms with Crippen LogP contribution in [0.3, 0.4) is 0 Å². The number of nitrogens with zero attached hydrogens (tertiary/aromatic N) is 1. The van der Waals surface area contributed by atoms with Gasteiger partial charge in [-0.1, -0.05) is 36.0 Å². The highest BCUT2D eigenvalue weighted by Crippen LogP contribution is 2.32. The van der Waals surface area contributed by atoms with E-state index in [1.165, 1.54) is 0 Å². The summed E-state index contributed by atoms with van der Waals surface area (Å²) in [6.07, 6.45) is 1.71. The van der Waals surface area contributed by atoms with E-state index in [4.69, 9.17) is 17.0 Å². The van der Waals surface area contributed by atoms with Crippen LogP contribution in [0.4, 0.5) is 0 Å². The molecule has 2 amide bonds. The molecule has 1 N–H and O–H groups in total. The molecule has 1 fully saturated rings. The van der Waals surface area contributed by atoms with Gasteiger partial charge in [-0.2, -0.15) is 5.01 Å². The second-order valence-electron chi connectivity index (χ2n) is 5.21. The number of benzene rings is 2. The van der Waals surface area contributed by atoms with Crippen molar-refractivity contribution in [3.63, 3.8) is 0 Å². The van der Waals surface area contributed by atoms with Crippen LogP contribution in [0.5, 0.6) is 5.75 Å². The molecule has 26 heavy (non-hydrogen) atoms. The van der Waals surface area contributed by atoms with Crippen molar-refractivity contribution < 1.29 is 14.3 Å². The summed E-state index contributed by atoms with van der Waals surface area (Å²) < 4.78 is 6.08. The van der Waals surface area contributed by atoms with Gasteiger partial charge in [0, 0.05) is 4.47 Å². The molecule has 0 saturated carbocycles. The first-order chi connectivity index (χ1) is 12.5. The zero-order valence-electron chi connectivity index (χ0n) is 13.6. The van der Waals surface area contributed by atoms with E-state index in [9.17, 15) is 9.59 Å². The van der Waals surface area contributed by atoms with Gasteiger partial charge < -0.3 is 4.74 Å². The Morgan fingerprint density at radius 3 is 2.77 bits per heavy atom. The Hall–Kier alpha value is -2.16. The standard InChI is InChI=1S/C18H13BrN2O3S2/c1-24-12-6-4-5-11(9-12)10-15-17(23)21(18(25)26-15)20-16(22)13-7-2-3-8-14(13)19/h2-10H,1H3,(H,20,22). The van der Waals surface area contributed by atoms with Gasteiger partial charge in [-0.05, 0) is 64.1 Å². The zero-order chi connectivity index (χ0) is 18.7. The van der Waals surface area contributed by atoms with E-state index in [-0.39, 0.29) is 10.2 Å². The summed E-state index contributed by atoms with van der Waals surface area (Å²) in [6, 6.07) is 14.3. The van der Waals surface area contributed by atoms with Gasteiger partial charge in [0.15, 0.2) is 4.32 Å². The van der Waals surface area contributed by atoms with Gasteiger partial charge in [-0.25, -0.2) is 0 Å². The van der Waals surface area contributed by atoms with Gasteiger partial charge in [0.25, 0.3) is 11.8 Å². The predicted molar refractivity (Wildman–Crippen MR) is 110 cm³/mol. The van der Waals surface area contributed by atoms with E-state index in [0.717, 1.165) is 22.3 Å². The maximum atomic E-state index is 12.6. The van der Waals surface area contributed by atoms with Crippen LogP contribution < -0.4 is 10.2 Å². The summed E-state index contributed by atoms with van der Waals surface area (Å²) in [5.74, 6) is -0.101. The Bertz CT molecular complexity index is 930. The number of hydrogen-bond donors (Lipinski definition) is 1. The number of amides is 2. The van der Waals surface area contributed by atoms with Crippen molar-refractivity contribution >= 4 is 62.1 Å². The van der Waals surface area contributed by atoms with Crippen molar-refractivity contribution in [3.8, 4) is 5.75 Å². The van der Waals surface area contributed by atoms with Gasteiger partial charge in [0.05, 0.1) is 17.6 Å². The van der Waals surface area contributed by atoms with Gasteiger partial charge in [0.2, 0.25) is 0 Å². The largest absolute Gasteiger partial charge is 0.497 e. The maximum Gasteiger partial charge on any atom is 0.285 e. The van der Waals surface area contributed by atoms with Crippen LogP contribution in [0.1, 0.15) is 15.9 Å². The quantitative estimate of drug-likeness (QED) is 0.565. The maximum absolute atomic E-state index is 12.6. The Labute approximate surface area is 168 Å². The van der Waals surface area contributed by atoms with Crippen LogP contribution in [-0.4, -0.2) is 28.3 Å². The number of nitrogens with one attached hydrogen (secondary N) is 1. The molecule has 0 spiro atoms. The number of thioether (sulfide) groups is 1. The van der Waals surface area contributed by atoms with Crippen LogP contribution in [0.15, 0.2) is 57.9 Å². The van der Waals surface area contributed by atoms with Crippen molar-refractivity contribution in [1.29, 1.82) is 0 Å². The topological polar surface area (TPSA) is 58.6 Å². The lowest BCUT2D eigenvalue weighted by atomic mass is 10.2. The predicted octanol–water partition coefficient (Wildman–Crippen LogP) is 4.00. The molecule has 1 aliphatic rings. The Morgan fingerprint density at radius 2 is 2.04 bits per heavy atom. The third-order valence-corrected chi connectivity index (χ3v) is 5.51. The molecule has 1 saturated heterocycles. The number of methoxy groups -OCH3 is 1. The molecule has 1 aliphatic heterocycles. The molecule has 5 nitrogen and oxygen atoms in total. The van der Waals surface area contributed by atoms with Crippen molar-refractivity contribution in [2.75, 3.05) is 7.11 Å². The van der Waals surface area contributed by atoms with E-state index in [2.05, 4.69) is 21.4 Å². The van der Waals surface area contributed by atoms with Crippen molar-refractivity contribution in [2.45, 2.75) is 0 Å². The van der Waals surface area contributed by atoms with Crippen LogP contribution >= 0.6 is 39.9 Å². The normalized spacial score (nSPS) is 15.5. The summed E-state index contributed by atoms with van der Waals surface area (Å²) >= 11 is 9.69. The summed E-state index contributed by atoms with van der Waals surface area (Å²) in [5, 5.41) is 1.09. The van der Waals surface area contributed by atoms with E-state index >= 15 is 0 Å². The van der Waals surface area contributed by atoms with Crippen LogP contribution in [0.25, 0.3) is 6.08 Å². The van der Waals surface area contributed by atoms with E-state index in [1.807, 2.05) is 24.3 Å². The smallest absolute Gasteiger partial charge is 0.285 e. The molecule has 8 heteroatoms. The Kier molecular flexibility index (Phi) is 5.75. The Balaban J connectivity index is 1.79. The van der Waals surface area contributed by atoms with Gasteiger partial charge in [0.1, 0.15) is 5.75 Å². The minimum absolute atomic E-state index is 0.268. The summed E-state index contributed by atoms with van der Waals surface area (Å²) in [6.45, 7) is 0. The molecule has 0 aromatic heterocycles. The first-order valence-corrected chi connectivity index (χ1v) is 9.49. The van der Waals surface area contributed by atoms with Crippen molar-refractivity contribution in [3.05, 3.63) is 69.0 Å². The fourth-order valence-corrected chi connectivity index (χ4v) is 3.90. The van der Waals surface area contributed by atoms with Gasteiger partial charge >= 0.3 is 0 Å². The molecule has 0 radical (unpaired) electrons. The first kappa shape index (κ1) is 18.6. The number of carbonyl (C=O) groups is 2. The second kappa shape index (κ2) is 8.03. The monoisotopic (exact) mass is 448 g/mol. The van der Waals surface area contributed by atoms with E-state index in [1.54, 1.807) is 37.5 Å². The molecular formula is C18H13BrN2O3S2. The van der Waals surface area contributed by atoms with E-state index in [0.29, 0.717) is 20.7 Å². The molecule has 0 unspecified atom stereocenters. The molecule has 3 rings (SSSR count). The van der Waals surface area contributed by atoms with Crippen LogP contribution in [0.2, 0.25) is 0 Å². The average molecular weight is 449 g/mol. The molecule has 1 heterocycles. The third-order valence-electron chi connectivity index (χ3n) is 3.52. The molecule has 0 aliphatic carbocycles. The van der Waals surface area contributed by atoms with Crippen LogP contribution in [0, 0.1) is 0 Å². The lowest BCUT2D eigenvalue weighted by molar-refractivity contribution is -0.123.